The zero-order chi connectivity index (χ0) is 15.9. The molecule has 0 fully saturated rings. The number of aryl methyl sites for hydroxylation is 1. The average molecular weight is 355 g/mol. The van der Waals surface area contributed by atoms with Gasteiger partial charge in [0.2, 0.25) is 0 Å². The number of amides is 1. The number of halogens is 1. The van der Waals surface area contributed by atoms with Crippen molar-refractivity contribution >= 4 is 35.5 Å². The van der Waals surface area contributed by atoms with Crippen LogP contribution in [0.25, 0.3) is 0 Å². The lowest BCUT2D eigenvalue weighted by Gasteiger charge is -2.14. The Morgan fingerprint density at radius 1 is 1.43 bits per heavy atom. The van der Waals surface area contributed by atoms with Gasteiger partial charge in [-0.1, -0.05) is 20.8 Å². The molecule has 0 saturated carbocycles. The van der Waals surface area contributed by atoms with Gasteiger partial charge in [-0.25, -0.2) is 0 Å². The molecule has 5 nitrogen and oxygen atoms in total. The molecule has 0 spiro atoms. The Balaban J connectivity index is 0.00000192. The summed E-state index contributed by atoms with van der Waals surface area (Å²) in [6.07, 6.45) is 0.917. The lowest BCUT2D eigenvalue weighted by atomic mass is 9.92. The van der Waals surface area contributed by atoms with Gasteiger partial charge in [-0.2, -0.15) is 5.10 Å². The van der Waals surface area contributed by atoms with E-state index in [9.17, 15) is 4.79 Å². The predicted octanol–water partition coefficient (Wildman–Crippen LogP) is 3.10. The van der Waals surface area contributed by atoms with E-state index in [0.29, 0.717) is 0 Å². The van der Waals surface area contributed by atoms with Gasteiger partial charge < -0.3 is 10.6 Å². The van der Waals surface area contributed by atoms with Crippen molar-refractivity contribution in [1.82, 2.24) is 15.1 Å². The normalized spacial score (nSPS) is 14.1. The number of thiophene rings is 1. The molecule has 3 rings (SSSR count). The molecule has 1 amide bonds. The molecule has 0 atom stereocenters. The maximum Gasteiger partial charge on any atom is 0.257 e. The predicted molar refractivity (Wildman–Crippen MR) is 96.8 cm³/mol. The summed E-state index contributed by atoms with van der Waals surface area (Å²) in [5.74, 6) is 0.701. The van der Waals surface area contributed by atoms with Gasteiger partial charge in [-0.3, -0.25) is 9.48 Å². The van der Waals surface area contributed by atoms with Crippen LogP contribution in [0.15, 0.2) is 11.4 Å². The second-order valence-electron chi connectivity index (χ2n) is 6.72. The van der Waals surface area contributed by atoms with E-state index >= 15 is 0 Å². The van der Waals surface area contributed by atoms with Crippen LogP contribution in [-0.4, -0.2) is 22.2 Å². The first-order chi connectivity index (χ1) is 10.4. The largest absolute Gasteiger partial charge is 0.312 e. The molecule has 0 radical (unpaired) electrons. The van der Waals surface area contributed by atoms with E-state index in [1.165, 1.54) is 10.4 Å². The summed E-state index contributed by atoms with van der Waals surface area (Å²) in [6.45, 7) is 8.15. The molecule has 126 valence electrons. The molecule has 3 heterocycles. The van der Waals surface area contributed by atoms with Gasteiger partial charge in [-0.05, 0) is 18.5 Å². The summed E-state index contributed by atoms with van der Waals surface area (Å²) in [5, 5.41) is 12.8. The smallest absolute Gasteiger partial charge is 0.257 e. The van der Waals surface area contributed by atoms with Crippen molar-refractivity contribution in [2.75, 3.05) is 11.9 Å². The van der Waals surface area contributed by atoms with Crippen molar-refractivity contribution in [2.45, 2.75) is 39.2 Å². The Kier molecular flexibility index (Phi) is 5.18. The third-order valence-electron chi connectivity index (χ3n) is 3.95. The fourth-order valence-corrected chi connectivity index (χ4v) is 3.63. The number of hydrogen-bond donors (Lipinski definition) is 2. The number of aromatic nitrogens is 2. The summed E-state index contributed by atoms with van der Waals surface area (Å²) in [6, 6.07) is 1.96. The summed E-state index contributed by atoms with van der Waals surface area (Å²) in [5.41, 5.74) is 2.94. The number of carbonyl (C=O) groups excluding carboxylic acids is 1. The first kappa shape index (κ1) is 18.0. The third-order valence-corrected chi connectivity index (χ3v) is 4.98. The fraction of sp³-hybridized carbons (Fsp3) is 0.500. The van der Waals surface area contributed by atoms with Crippen LogP contribution >= 0.6 is 23.7 Å². The van der Waals surface area contributed by atoms with E-state index < -0.39 is 0 Å². The molecule has 2 aromatic heterocycles. The maximum absolute atomic E-state index is 12.6. The molecule has 1 aliphatic rings. The molecule has 0 aliphatic carbocycles. The zero-order valence-corrected chi connectivity index (χ0v) is 15.5. The van der Waals surface area contributed by atoms with Gasteiger partial charge in [-0.15, -0.1) is 23.7 Å². The van der Waals surface area contributed by atoms with Gasteiger partial charge in [0.25, 0.3) is 5.91 Å². The first-order valence-electron chi connectivity index (χ1n) is 7.52. The van der Waals surface area contributed by atoms with Crippen LogP contribution in [-0.2, 0) is 25.4 Å². The lowest BCUT2D eigenvalue weighted by Crippen LogP contribution is -2.24. The number of anilines is 1. The van der Waals surface area contributed by atoms with Gasteiger partial charge in [0.05, 0.1) is 11.3 Å². The van der Waals surface area contributed by atoms with Gasteiger partial charge >= 0.3 is 0 Å². The van der Waals surface area contributed by atoms with Gasteiger partial charge in [0.1, 0.15) is 5.82 Å². The Bertz CT molecular complexity index is 714. The van der Waals surface area contributed by atoms with Gasteiger partial charge in [0.15, 0.2) is 0 Å². The number of carbonyl (C=O) groups is 1. The number of fused-ring (bicyclic) bond motifs is 1. The standard InChI is InChI=1S/C16H22N4OS.ClH/c1-16(2,3)13-7-14(20(4)19-13)18-15(21)11-9-22-12-8-17-6-5-10(11)12;/h7,9,17H,5-6,8H2,1-4H3,(H,18,21);1H. The van der Waals surface area contributed by atoms with Crippen LogP contribution in [0.1, 0.15) is 47.3 Å². The van der Waals surface area contributed by atoms with Crippen molar-refractivity contribution in [1.29, 1.82) is 0 Å². The summed E-state index contributed by atoms with van der Waals surface area (Å²) < 4.78 is 1.73. The molecule has 0 aromatic carbocycles. The van der Waals surface area contributed by atoms with E-state index in [2.05, 4.69) is 36.5 Å². The minimum Gasteiger partial charge on any atom is -0.312 e. The Morgan fingerprint density at radius 2 is 2.17 bits per heavy atom. The van der Waals surface area contributed by atoms with Crippen LogP contribution in [0.4, 0.5) is 5.82 Å². The fourth-order valence-electron chi connectivity index (χ4n) is 2.59. The number of rotatable bonds is 2. The highest BCUT2D eigenvalue weighted by Crippen LogP contribution is 2.27. The summed E-state index contributed by atoms with van der Waals surface area (Å²) in [7, 11) is 1.86. The molecular weight excluding hydrogens is 332 g/mol. The highest BCUT2D eigenvalue weighted by molar-refractivity contribution is 7.10. The van der Waals surface area contributed by atoms with Crippen LogP contribution < -0.4 is 10.6 Å². The highest BCUT2D eigenvalue weighted by atomic mass is 35.5. The molecule has 2 N–H and O–H groups in total. The minimum atomic E-state index is -0.0390. The quantitative estimate of drug-likeness (QED) is 0.871. The molecule has 0 bridgehead atoms. The number of nitrogens with one attached hydrogen (secondary N) is 2. The van der Waals surface area contributed by atoms with Crippen molar-refractivity contribution in [2.24, 2.45) is 7.05 Å². The highest BCUT2D eigenvalue weighted by Gasteiger charge is 2.23. The molecule has 23 heavy (non-hydrogen) atoms. The number of nitrogens with zero attached hydrogens (tertiary/aromatic N) is 2. The molecule has 7 heteroatoms. The summed E-state index contributed by atoms with van der Waals surface area (Å²) in [4.78, 5) is 13.9. The molecule has 0 unspecified atom stereocenters. The lowest BCUT2D eigenvalue weighted by molar-refractivity contribution is 0.102. The molecule has 2 aromatic rings. The van der Waals surface area contributed by atoms with Crippen LogP contribution in [0.5, 0.6) is 0 Å². The average Bonchev–Trinajstić information content (AvgIpc) is 3.02. The van der Waals surface area contributed by atoms with E-state index in [0.717, 1.165) is 36.6 Å². The van der Waals surface area contributed by atoms with E-state index in [4.69, 9.17) is 0 Å². The van der Waals surface area contributed by atoms with Crippen molar-refractivity contribution < 1.29 is 4.79 Å². The molecule has 0 saturated heterocycles. The van der Waals surface area contributed by atoms with E-state index in [-0.39, 0.29) is 23.7 Å². The van der Waals surface area contributed by atoms with E-state index in [1.807, 2.05) is 18.5 Å². The van der Waals surface area contributed by atoms with E-state index in [1.54, 1.807) is 16.0 Å². The second kappa shape index (κ2) is 6.63. The first-order valence-corrected chi connectivity index (χ1v) is 8.40. The molecule has 1 aliphatic heterocycles. The third kappa shape index (κ3) is 3.59. The Morgan fingerprint density at radius 3 is 2.83 bits per heavy atom. The van der Waals surface area contributed by atoms with Crippen molar-refractivity contribution in [3.8, 4) is 0 Å². The van der Waals surface area contributed by atoms with Crippen LogP contribution in [0, 0.1) is 0 Å². The maximum atomic E-state index is 12.6. The van der Waals surface area contributed by atoms with Gasteiger partial charge in [0, 0.05) is 35.3 Å². The Hall–Kier alpha value is -1.37. The van der Waals surface area contributed by atoms with Crippen LogP contribution in [0.2, 0.25) is 0 Å². The molecular formula is C16H23ClN4OS. The topological polar surface area (TPSA) is 59.0 Å². The number of hydrogen-bond acceptors (Lipinski definition) is 4. The van der Waals surface area contributed by atoms with Crippen molar-refractivity contribution in [3.63, 3.8) is 0 Å². The van der Waals surface area contributed by atoms with Crippen molar-refractivity contribution in [3.05, 3.63) is 33.1 Å². The second-order valence-corrected chi connectivity index (χ2v) is 7.68. The zero-order valence-electron chi connectivity index (χ0n) is 13.9. The minimum absolute atomic E-state index is 0. The Labute approximate surface area is 146 Å². The van der Waals surface area contributed by atoms with Crippen LogP contribution in [0.3, 0.4) is 0 Å². The monoisotopic (exact) mass is 354 g/mol. The SMILES string of the molecule is Cl.Cn1nc(C(C)(C)C)cc1NC(=O)c1csc2c1CCNC2. The summed E-state index contributed by atoms with van der Waals surface area (Å²) >= 11 is 1.66.